The average Bonchev–Trinajstić information content (AvgIpc) is 2.47. The first-order valence-corrected chi connectivity index (χ1v) is 7.46. The van der Waals surface area contributed by atoms with Crippen LogP contribution in [0.4, 0.5) is 0 Å². The zero-order valence-corrected chi connectivity index (χ0v) is 12.4. The van der Waals surface area contributed by atoms with Crippen LogP contribution < -0.4 is 5.73 Å². The summed E-state index contributed by atoms with van der Waals surface area (Å²) in [5, 5.41) is 0.737. The maximum atomic E-state index is 6.70. The van der Waals surface area contributed by atoms with E-state index in [1.54, 1.807) is 0 Å². The minimum atomic E-state index is -0.498. The normalized spacial score (nSPS) is 21.1. The van der Waals surface area contributed by atoms with Crippen molar-refractivity contribution in [3.8, 4) is 0 Å². The summed E-state index contributed by atoms with van der Waals surface area (Å²) in [6, 6.07) is 12.0. The topological polar surface area (TPSA) is 38.9 Å². The molecule has 0 aliphatic heterocycles. The summed E-state index contributed by atoms with van der Waals surface area (Å²) in [6.07, 6.45) is 5.17. The Morgan fingerprint density at radius 3 is 2.85 bits per heavy atom. The number of nitrogens with two attached hydrogens (primary N) is 1. The lowest BCUT2D eigenvalue weighted by molar-refractivity contribution is 0.341. The van der Waals surface area contributed by atoms with Crippen LogP contribution in [0.15, 0.2) is 42.6 Å². The maximum Gasteiger partial charge on any atom is 0.0488 e. The van der Waals surface area contributed by atoms with Crippen molar-refractivity contribution in [3.05, 3.63) is 64.4 Å². The fraction of sp³-hybridized carbons (Fsp3) is 0.353. The molecule has 2 nitrogen and oxygen atoms in total. The van der Waals surface area contributed by atoms with Gasteiger partial charge in [0.25, 0.3) is 0 Å². The fourth-order valence-electron chi connectivity index (χ4n) is 3.28. The molecule has 0 saturated carbocycles. The Kier molecular flexibility index (Phi) is 3.53. The Morgan fingerprint density at radius 1 is 1.25 bits per heavy atom. The molecule has 0 saturated heterocycles. The van der Waals surface area contributed by atoms with Crippen LogP contribution in [0.2, 0.25) is 5.02 Å². The van der Waals surface area contributed by atoms with Crippen molar-refractivity contribution < 1.29 is 0 Å². The van der Waals surface area contributed by atoms with E-state index in [0.717, 1.165) is 35.5 Å². The number of fused-ring (bicyclic) bond motifs is 1. The van der Waals surface area contributed by atoms with Crippen LogP contribution in [0, 0.1) is 0 Å². The Morgan fingerprint density at radius 2 is 2.05 bits per heavy atom. The quantitative estimate of drug-likeness (QED) is 0.905. The predicted octanol–water partition coefficient (Wildman–Crippen LogP) is 4.03. The van der Waals surface area contributed by atoms with Gasteiger partial charge in [-0.3, -0.25) is 4.98 Å². The number of hydrogen-bond acceptors (Lipinski definition) is 2. The zero-order valence-electron chi connectivity index (χ0n) is 11.6. The van der Waals surface area contributed by atoms with E-state index < -0.39 is 5.54 Å². The van der Waals surface area contributed by atoms with Crippen LogP contribution in [-0.2, 0) is 12.0 Å². The molecular formula is C17H19ClN2. The summed E-state index contributed by atoms with van der Waals surface area (Å²) in [7, 11) is 0. The molecule has 1 aromatic carbocycles. The highest BCUT2D eigenvalue weighted by molar-refractivity contribution is 6.31. The van der Waals surface area contributed by atoms with Gasteiger partial charge in [-0.05, 0) is 49.4 Å². The van der Waals surface area contributed by atoms with Gasteiger partial charge in [0, 0.05) is 28.4 Å². The predicted molar refractivity (Wildman–Crippen MR) is 82.9 cm³/mol. The van der Waals surface area contributed by atoms with Crippen molar-refractivity contribution in [2.75, 3.05) is 0 Å². The largest absolute Gasteiger partial charge is 0.321 e. The molecule has 0 amide bonds. The van der Waals surface area contributed by atoms with Gasteiger partial charge in [-0.15, -0.1) is 0 Å². The second-order valence-electron chi connectivity index (χ2n) is 5.76. The van der Waals surface area contributed by atoms with E-state index in [9.17, 15) is 0 Å². The van der Waals surface area contributed by atoms with Crippen LogP contribution in [0.5, 0.6) is 0 Å². The number of benzene rings is 1. The Bertz CT molecular complexity index is 622. The maximum absolute atomic E-state index is 6.70. The van der Waals surface area contributed by atoms with Crippen molar-refractivity contribution in [2.24, 2.45) is 5.73 Å². The lowest BCUT2D eigenvalue weighted by Crippen LogP contribution is -2.41. The summed E-state index contributed by atoms with van der Waals surface area (Å²) in [5.74, 6) is 0.215. The molecule has 3 rings (SSSR count). The molecule has 2 N–H and O–H groups in total. The molecular weight excluding hydrogens is 268 g/mol. The number of halogens is 1. The fourth-order valence-corrected chi connectivity index (χ4v) is 3.62. The molecule has 0 bridgehead atoms. The molecule has 1 aromatic heterocycles. The average molecular weight is 287 g/mol. The van der Waals surface area contributed by atoms with Gasteiger partial charge in [-0.2, -0.15) is 0 Å². The number of aromatic nitrogens is 1. The Balaban J connectivity index is 2.07. The summed E-state index contributed by atoms with van der Waals surface area (Å²) in [6.45, 7) is 2.07. The first kappa shape index (κ1) is 13.6. The molecule has 0 spiro atoms. The standard InChI is InChI=1S/C17H19ClN2/c1-17(19,13-8-2-3-10-15(13)18)14-9-4-6-12-7-5-11-20-16(12)14/h2-3,5,7-8,10-11,14H,4,6,9,19H2,1H3. The summed E-state index contributed by atoms with van der Waals surface area (Å²) < 4.78 is 0. The third-order valence-electron chi connectivity index (χ3n) is 4.37. The number of nitrogens with zero attached hydrogens (tertiary/aromatic N) is 1. The Hall–Kier alpha value is -1.38. The van der Waals surface area contributed by atoms with Gasteiger partial charge in [0.05, 0.1) is 0 Å². The summed E-state index contributed by atoms with van der Waals surface area (Å²) in [4.78, 5) is 4.60. The van der Waals surface area contributed by atoms with Crippen LogP contribution in [-0.4, -0.2) is 4.98 Å². The lowest BCUT2D eigenvalue weighted by atomic mass is 9.72. The van der Waals surface area contributed by atoms with Crippen molar-refractivity contribution in [1.29, 1.82) is 0 Å². The molecule has 0 fully saturated rings. The molecule has 3 heteroatoms. The Labute approximate surface area is 125 Å². The zero-order chi connectivity index (χ0) is 14.2. The molecule has 0 radical (unpaired) electrons. The van der Waals surface area contributed by atoms with Crippen LogP contribution in [0.25, 0.3) is 0 Å². The van der Waals surface area contributed by atoms with E-state index in [1.807, 2.05) is 36.5 Å². The second kappa shape index (κ2) is 5.19. The van der Waals surface area contributed by atoms with Gasteiger partial charge < -0.3 is 5.73 Å². The highest BCUT2D eigenvalue weighted by Gasteiger charge is 2.37. The third kappa shape index (κ3) is 2.23. The first-order valence-electron chi connectivity index (χ1n) is 7.08. The van der Waals surface area contributed by atoms with Gasteiger partial charge in [0.15, 0.2) is 0 Å². The lowest BCUT2D eigenvalue weighted by Gasteiger charge is -2.38. The highest BCUT2D eigenvalue weighted by atomic mass is 35.5. The van der Waals surface area contributed by atoms with Gasteiger partial charge in [-0.25, -0.2) is 0 Å². The monoisotopic (exact) mass is 286 g/mol. The minimum absolute atomic E-state index is 0.215. The van der Waals surface area contributed by atoms with Crippen LogP contribution in [0.1, 0.15) is 42.5 Å². The van der Waals surface area contributed by atoms with Crippen LogP contribution >= 0.6 is 11.6 Å². The van der Waals surface area contributed by atoms with E-state index in [2.05, 4.69) is 18.0 Å². The van der Waals surface area contributed by atoms with E-state index in [-0.39, 0.29) is 5.92 Å². The number of aryl methyl sites for hydroxylation is 1. The molecule has 1 aliphatic carbocycles. The first-order chi connectivity index (χ1) is 9.60. The van der Waals surface area contributed by atoms with Gasteiger partial charge >= 0.3 is 0 Å². The van der Waals surface area contributed by atoms with E-state index in [4.69, 9.17) is 17.3 Å². The van der Waals surface area contributed by atoms with Crippen molar-refractivity contribution in [3.63, 3.8) is 0 Å². The second-order valence-corrected chi connectivity index (χ2v) is 6.16. The molecule has 104 valence electrons. The van der Waals surface area contributed by atoms with Gasteiger partial charge in [-0.1, -0.05) is 35.9 Å². The molecule has 1 heterocycles. The van der Waals surface area contributed by atoms with Crippen molar-refractivity contribution in [1.82, 2.24) is 4.98 Å². The van der Waals surface area contributed by atoms with Crippen molar-refractivity contribution in [2.45, 2.75) is 37.6 Å². The molecule has 20 heavy (non-hydrogen) atoms. The highest BCUT2D eigenvalue weighted by Crippen LogP contribution is 2.43. The minimum Gasteiger partial charge on any atom is -0.321 e. The smallest absolute Gasteiger partial charge is 0.0488 e. The molecule has 2 atom stereocenters. The summed E-state index contributed by atoms with van der Waals surface area (Å²) in [5.41, 5.74) is 9.68. The number of hydrogen-bond donors (Lipinski definition) is 1. The molecule has 2 aromatic rings. The van der Waals surface area contributed by atoms with E-state index in [1.165, 1.54) is 5.56 Å². The molecule has 2 unspecified atom stereocenters. The van der Waals surface area contributed by atoms with Gasteiger partial charge in [0.1, 0.15) is 0 Å². The molecule has 1 aliphatic rings. The van der Waals surface area contributed by atoms with Crippen LogP contribution in [0.3, 0.4) is 0 Å². The summed E-state index contributed by atoms with van der Waals surface area (Å²) >= 11 is 6.35. The van der Waals surface area contributed by atoms with Gasteiger partial charge in [0.2, 0.25) is 0 Å². The number of rotatable bonds is 2. The van der Waals surface area contributed by atoms with E-state index in [0.29, 0.717) is 0 Å². The van der Waals surface area contributed by atoms with E-state index >= 15 is 0 Å². The number of pyridine rings is 1. The van der Waals surface area contributed by atoms with Crippen molar-refractivity contribution >= 4 is 11.6 Å². The third-order valence-corrected chi connectivity index (χ3v) is 4.70. The SMILES string of the molecule is CC(N)(c1ccccc1Cl)C1CCCc2cccnc21.